The molecule has 0 aromatic heterocycles. The number of halogens is 2. The molecule has 4 heteroatoms. The summed E-state index contributed by atoms with van der Waals surface area (Å²) in [7, 11) is 0. The lowest BCUT2D eigenvalue weighted by atomic mass is 10.1. The van der Waals surface area contributed by atoms with Crippen LogP contribution in [0.15, 0.2) is 45.3 Å². The number of anilines is 1. The molecule has 2 N–H and O–H groups in total. The summed E-state index contributed by atoms with van der Waals surface area (Å²) in [6.07, 6.45) is 0. The molecule has 18 heavy (non-hydrogen) atoms. The fraction of sp³-hybridized carbons (Fsp3) is 0.143. The van der Waals surface area contributed by atoms with Gasteiger partial charge in [0.2, 0.25) is 0 Å². The third kappa shape index (κ3) is 3.06. The van der Waals surface area contributed by atoms with Crippen molar-refractivity contribution >= 4 is 37.5 Å². The van der Waals surface area contributed by atoms with Crippen LogP contribution in [-0.2, 0) is 6.54 Å². The number of nitrogens with one attached hydrogen (secondary N) is 1. The monoisotopic (exact) mass is 369 g/mol. The van der Waals surface area contributed by atoms with Crippen LogP contribution < -0.4 is 5.32 Å². The number of rotatable bonds is 3. The Kier molecular flexibility index (Phi) is 4.30. The van der Waals surface area contributed by atoms with Crippen LogP contribution in [0.4, 0.5) is 5.69 Å². The average molecular weight is 371 g/mol. The van der Waals surface area contributed by atoms with Crippen molar-refractivity contribution in [1.29, 1.82) is 0 Å². The summed E-state index contributed by atoms with van der Waals surface area (Å²) in [6, 6.07) is 11.8. The Hall–Kier alpha value is -1.000. The van der Waals surface area contributed by atoms with Gasteiger partial charge in [0.05, 0.1) is 4.47 Å². The summed E-state index contributed by atoms with van der Waals surface area (Å²) < 4.78 is 1.63. The highest BCUT2D eigenvalue weighted by atomic mass is 79.9. The lowest BCUT2D eigenvalue weighted by molar-refractivity contribution is 0.465. The van der Waals surface area contributed by atoms with Gasteiger partial charge in [-0.05, 0) is 46.6 Å². The van der Waals surface area contributed by atoms with Crippen LogP contribution in [0.25, 0.3) is 0 Å². The molecular formula is C14H13Br2NO. The highest BCUT2D eigenvalue weighted by Crippen LogP contribution is 2.32. The molecular weight excluding hydrogens is 358 g/mol. The predicted octanol–water partition coefficient (Wildman–Crippen LogP) is 4.84. The zero-order chi connectivity index (χ0) is 13.1. The number of benzene rings is 2. The first-order valence-electron chi connectivity index (χ1n) is 5.54. The number of aryl methyl sites for hydroxylation is 1. The molecule has 0 spiro atoms. The van der Waals surface area contributed by atoms with E-state index in [0.29, 0.717) is 11.0 Å². The fourth-order valence-corrected chi connectivity index (χ4v) is 3.03. The van der Waals surface area contributed by atoms with Crippen LogP contribution in [0.2, 0.25) is 0 Å². The maximum atomic E-state index is 9.96. The Morgan fingerprint density at radius 2 is 1.89 bits per heavy atom. The van der Waals surface area contributed by atoms with Crippen LogP contribution in [0.5, 0.6) is 5.75 Å². The molecule has 2 rings (SSSR count). The molecule has 2 nitrogen and oxygen atoms in total. The van der Waals surface area contributed by atoms with E-state index in [2.05, 4.69) is 50.2 Å². The molecule has 0 unspecified atom stereocenters. The quantitative estimate of drug-likeness (QED) is 0.810. The van der Waals surface area contributed by atoms with E-state index < -0.39 is 0 Å². The van der Waals surface area contributed by atoms with Gasteiger partial charge < -0.3 is 10.4 Å². The van der Waals surface area contributed by atoms with Crippen molar-refractivity contribution in [3.63, 3.8) is 0 Å². The molecule has 0 aliphatic carbocycles. The number of hydrogen-bond acceptors (Lipinski definition) is 2. The Labute approximate surface area is 123 Å². The predicted molar refractivity (Wildman–Crippen MR) is 82.0 cm³/mol. The summed E-state index contributed by atoms with van der Waals surface area (Å²) in [5.41, 5.74) is 3.11. The van der Waals surface area contributed by atoms with Crippen LogP contribution in [0.3, 0.4) is 0 Å². The first-order valence-corrected chi connectivity index (χ1v) is 7.13. The topological polar surface area (TPSA) is 32.3 Å². The van der Waals surface area contributed by atoms with Crippen molar-refractivity contribution in [2.45, 2.75) is 13.5 Å². The zero-order valence-corrected chi connectivity index (χ0v) is 13.0. The summed E-state index contributed by atoms with van der Waals surface area (Å²) in [5, 5.41) is 13.3. The number of phenolic OH excluding ortho intramolecular Hbond substituents is 1. The highest BCUT2D eigenvalue weighted by Gasteiger charge is 2.07. The molecule has 0 radical (unpaired) electrons. The summed E-state index contributed by atoms with van der Waals surface area (Å²) >= 11 is 6.75. The second-order valence-corrected chi connectivity index (χ2v) is 5.83. The highest BCUT2D eigenvalue weighted by molar-refractivity contribution is 9.11. The SMILES string of the molecule is Cc1ccccc1NCc1cc(Br)cc(Br)c1O. The van der Waals surface area contributed by atoms with Gasteiger partial charge >= 0.3 is 0 Å². The van der Waals surface area contributed by atoms with Gasteiger partial charge in [0.25, 0.3) is 0 Å². The minimum atomic E-state index is 0.277. The summed E-state index contributed by atoms with van der Waals surface area (Å²) in [6.45, 7) is 2.63. The Balaban J connectivity index is 2.18. The first-order chi connectivity index (χ1) is 8.58. The van der Waals surface area contributed by atoms with E-state index in [0.717, 1.165) is 15.7 Å². The van der Waals surface area contributed by atoms with Gasteiger partial charge in [-0.25, -0.2) is 0 Å². The zero-order valence-electron chi connectivity index (χ0n) is 9.87. The molecule has 0 bridgehead atoms. The Bertz CT molecular complexity index is 570. The normalized spacial score (nSPS) is 10.4. The van der Waals surface area contributed by atoms with Gasteiger partial charge in [0, 0.05) is 22.3 Å². The van der Waals surface area contributed by atoms with E-state index in [-0.39, 0.29) is 5.75 Å². The molecule has 0 atom stereocenters. The van der Waals surface area contributed by atoms with Crippen LogP contribution >= 0.6 is 31.9 Å². The first kappa shape index (κ1) is 13.4. The molecule has 2 aromatic carbocycles. The number of aromatic hydroxyl groups is 1. The molecule has 0 aliphatic rings. The molecule has 0 amide bonds. The van der Waals surface area contributed by atoms with Crippen LogP contribution in [0, 0.1) is 6.92 Å². The van der Waals surface area contributed by atoms with Gasteiger partial charge in [0.15, 0.2) is 0 Å². The average Bonchev–Trinajstić information content (AvgIpc) is 2.33. The van der Waals surface area contributed by atoms with E-state index >= 15 is 0 Å². The van der Waals surface area contributed by atoms with Crippen molar-refractivity contribution in [2.75, 3.05) is 5.32 Å². The molecule has 0 saturated heterocycles. The summed E-state index contributed by atoms with van der Waals surface area (Å²) in [5.74, 6) is 0.277. The largest absolute Gasteiger partial charge is 0.506 e. The van der Waals surface area contributed by atoms with Crippen molar-refractivity contribution in [3.05, 3.63) is 56.5 Å². The molecule has 0 heterocycles. The van der Waals surface area contributed by atoms with Crippen LogP contribution in [0.1, 0.15) is 11.1 Å². The Morgan fingerprint density at radius 3 is 2.61 bits per heavy atom. The fourth-order valence-electron chi connectivity index (χ4n) is 1.72. The van der Waals surface area contributed by atoms with Gasteiger partial charge in [-0.3, -0.25) is 0 Å². The van der Waals surface area contributed by atoms with Crippen molar-refractivity contribution in [2.24, 2.45) is 0 Å². The van der Waals surface area contributed by atoms with Crippen molar-refractivity contribution in [1.82, 2.24) is 0 Å². The lowest BCUT2D eigenvalue weighted by Gasteiger charge is -2.11. The molecule has 2 aromatic rings. The van der Waals surface area contributed by atoms with E-state index in [9.17, 15) is 5.11 Å². The number of para-hydroxylation sites is 1. The van der Waals surface area contributed by atoms with Gasteiger partial charge in [-0.1, -0.05) is 34.1 Å². The van der Waals surface area contributed by atoms with Gasteiger partial charge in [-0.15, -0.1) is 0 Å². The Morgan fingerprint density at radius 1 is 1.17 bits per heavy atom. The van der Waals surface area contributed by atoms with Crippen molar-refractivity contribution < 1.29 is 5.11 Å². The maximum absolute atomic E-state index is 9.96. The third-order valence-electron chi connectivity index (χ3n) is 2.72. The van der Waals surface area contributed by atoms with E-state index in [1.54, 1.807) is 0 Å². The maximum Gasteiger partial charge on any atom is 0.134 e. The summed E-state index contributed by atoms with van der Waals surface area (Å²) in [4.78, 5) is 0. The molecule has 0 saturated carbocycles. The number of phenols is 1. The second-order valence-electron chi connectivity index (χ2n) is 4.06. The van der Waals surface area contributed by atoms with Crippen molar-refractivity contribution in [3.8, 4) is 5.75 Å². The lowest BCUT2D eigenvalue weighted by Crippen LogP contribution is -2.01. The van der Waals surface area contributed by atoms with E-state index in [1.807, 2.05) is 30.3 Å². The van der Waals surface area contributed by atoms with Gasteiger partial charge in [0.1, 0.15) is 5.75 Å². The molecule has 0 fully saturated rings. The second kappa shape index (κ2) is 5.76. The number of hydrogen-bond donors (Lipinski definition) is 2. The van der Waals surface area contributed by atoms with Crippen LogP contribution in [-0.4, -0.2) is 5.11 Å². The van der Waals surface area contributed by atoms with Gasteiger partial charge in [-0.2, -0.15) is 0 Å². The minimum absolute atomic E-state index is 0.277. The standard InChI is InChI=1S/C14H13Br2NO/c1-9-4-2-3-5-13(9)17-8-10-6-11(15)7-12(16)14(10)18/h2-7,17-18H,8H2,1H3. The molecule has 0 aliphatic heterocycles. The van der Waals surface area contributed by atoms with E-state index in [1.165, 1.54) is 5.56 Å². The minimum Gasteiger partial charge on any atom is -0.506 e. The third-order valence-corrected chi connectivity index (χ3v) is 3.78. The smallest absolute Gasteiger partial charge is 0.134 e. The van der Waals surface area contributed by atoms with E-state index in [4.69, 9.17) is 0 Å². The molecule has 94 valence electrons.